The molecule has 0 amide bonds. The van der Waals surface area contributed by atoms with E-state index >= 15 is 0 Å². The van der Waals surface area contributed by atoms with Crippen molar-refractivity contribution in [3.63, 3.8) is 0 Å². The Balaban J connectivity index is 4.07. The first-order valence-electron chi connectivity index (χ1n) is 4.93. The van der Waals surface area contributed by atoms with E-state index in [1.807, 2.05) is 0 Å². The van der Waals surface area contributed by atoms with Gasteiger partial charge in [0, 0.05) is 0 Å². The van der Waals surface area contributed by atoms with Crippen LogP contribution in [0.25, 0.3) is 10.4 Å². The molecule has 3 nitrogen and oxygen atoms in total. The fourth-order valence-electron chi connectivity index (χ4n) is 1.20. The average molecular weight is 310 g/mol. The number of nitrogens with zero attached hydrogens (tertiary/aromatic N) is 3. The molecule has 0 aromatic heterocycles. The Labute approximate surface area is 88.4 Å². The molecule has 0 aliphatic carbocycles. The van der Waals surface area contributed by atoms with Crippen molar-refractivity contribution in [1.82, 2.24) is 0 Å². The quantitative estimate of drug-likeness (QED) is 0.286. The molecule has 0 unspecified atom stereocenters. The minimum atomic E-state index is -2.85. The fourth-order valence-corrected chi connectivity index (χ4v) is 10.1. The molecule has 5 heteroatoms. The molecule has 0 spiro atoms. The van der Waals surface area contributed by atoms with Gasteiger partial charge in [-0.05, 0) is 0 Å². The van der Waals surface area contributed by atoms with Gasteiger partial charge in [-0.25, -0.2) is 0 Å². The van der Waals surface area contributed by atoms with Crippen molar-refractivity contribution in [3.8, 4) is 0 Å². The van der Waals surface area contributed by atoms with Gasteiger partial charge in [-0.1, -0.05) is 0 Å². The molecular weight excluding hydrogens is 292 g/mol. The molecule has 0 saturated heterocycles. The maximum atomic E-state index is 8.43. The van der Waals surface area contributed by atoms with Crippen molar-refractivity contribution < 1.29 is 0 Å². The molecule has 0 radical (unpaired) electrons. The van der Waals surface area contributed by atoms with Gasteiger partial charge in [0.05, 0.1) is 0 Å². The molecule has 0 N–H and O–H groups in total. The van der Waals surface area contributed by atoms with Gasteiger partial charge >= 0.3 is 88.6 Å². The molecule has 0 aliphatic rings. The Kier molecular flexibility index (Phi) is 8.01. The fraction of sp³-hybridized carbons (Fsp3) is 1.00. The molecule has 0 aromatic rings. The molecule has 0 atom stereocenters. The van der Waals surface area contributed by atoms with Crippen LogP contribution in [0.3, 0.4) is 0 Å². The second-order valence-corrected chi connectivity index (χ2v) is 16.7. The van der Waals surface area contributed by atoms with E-state index in [9.17, 15) is 0 Å². The van der Waals surface area contributed by atoms with Crippen LogP contribution >= 0.6 is 8.92 Å². The standard InChI is InChI=1S/2C4H9.ClH.N3.Sn/c2*1-3-4-2;;1-3-2;/h2*1,3-4H2,2H3;1H;;/q;;;-1;+2/p-1. The molecule has 0 fully saturated rings. The second-order valence-electron chi connectivity index (χ2n) is 3.31. The molecular formula is C8H18ClN3Sn. The van der Waals surface area contributed by atoms with Crippen LogP contribution in [0.2, 0.25) is 8.87 Å². The van der Waals surface area contributed by atoms with Gasteiger partial charge in [0.25, 0.3) is 0 Å². The molecule has 0 saturated carbocycles. The number of hydrogen-bond donors (Lipinski definition) is 0. The van der Waals surface area contributed by atoms with Crippen molar-refractivity contribution >= 4 is 26.4 Å². The van der Waals surface area contributed by atoms with Gasteiger partial charge in [-0.2, -0.15) is 0 Å². The van der Waals surface area contributed by atoms with Crippen LogP contribution in [-0.2, 0) is 0 Å². The van der Waals surface area contributed by atoms with Crippen LogP contribution in [0.15, 0.2) is 3.34 Å². The van der Waals surface area contributed by atoms with Crippen LogP contribution < -0.4 is 0 Å². The number of azide groups is 1. The van der Waals surface area contributed by atoms with Crippen molar-refractivity contribution in [2.24, 2.45) is 3.34 Å². The predicted octanol–water partition coefficient (Wildman–Crippen LogP) is 4.58. The van der Waals surface area contributed by atoms with Crippen molar-refractivity contribution in [2.45, 2.75) is 48.4 Å². The predicted molar refractivity (Wildman–Crippen MR) is 60.2 cm³/mol. The van der Waals surface area contributed by atoms with Crippen molar-refractivity contribution in [3.05, 3.63) is 10.4 Å². The summed E-state index contributed by atoms with van der Waals surface area (Å²) in [6.07, 6.45) is 4.50. The zero-order valence-electron chi connectivity index (χ0n) is 8.46. The van der Waals surface area contributed by atoms with E-state index in [4.69, 9.17) is 14.5 Å². The first kappa shape index (κ1) is 13.4. The van der Waals surface area contributed by atoms with Crippen molar-refractivity contribution in [1.29, 1.82) is 0 Å². The van der Waals surface area contributed by atoms with E-state index in [2.05, 4.69) is 22.1 Å². The van der Waals surface area contributed by atoms with Crippen LogP contribution in [-0.4, -0.2) is 17.5 Å². The number of hydrogen-bond acceptors (Lipinski definition) is 1. The van der Waals surface area contributed by atoms with Gasteiger partial charge in [0.1, 0.15) is 0 Å². The third-order valence-electron chi connectivity index (χ3n) is 2.05. The Morgan fingerprint density at radius 1 is 1.23 bits per heavy atom. The molecule has 0 aromatic carbocycles. The Morgan fingerprint density at radius 2 is 1.69 bits per heavy atom. The van der Waals surface area contributed by atoms with E-state index in [-0.39, 0.29) is 0 Å². The van der Waals surface area contributed by atoms with E-state index in [1.165, 1.54) is 0 Å². The van der Waals surface area contributed by atoms with Gasteiger partial charge in [0.15, 0.2) is 0 Å². The van der Waals surface area contributed by atoms with Crippen LogP contribution in [0.4, 0.5) is 0 Å². The number of rotatable bonds is 7. The van der Waals surface area contributed by atoms with Crippen LogP contribution in [0, 0.1) is 0 Å². The zero-order valence-corrected chi connectivity index (χ0v) is 12.1. The summed E-state index contributed by atoms with van der Waals surface area (Å²) in [5, 5.41) is 0. The molecule has 0 rings (SSSR count). The van der Waals surface area contributed by atoms with Gasteiger partial charge in [-0.3, -0.25) is 0 Å². The summed E-state index contributed by atoms with van der Waals surface area (Å²) in [4.78, 5) is 2.90. The molecule has 76 valence electrons. The van der Waals surface area contributed by atoms with Gasteiger partial charge in [0.2, 0.25) is 0 Å². The summed E-state index contributed by atoms with van der Waals surface area (Å²) in [5.41, 5.74) is 8.43. The molecule has 0 bridgehead atoms. The Bertz CT molecular complexity index is 172. The zero-order chi connectivity index (χ0) is 10.2. The summed E-state index contributed by atoms with van der Waals surface area (Å²) >= 11 is -2.85. The monoisotopic (exact) mass is 311 g/mol. The first-order chi connectivity index (χ1) is 6.18. The Morgan fingerprint density at radius 3 is 2.00 bits per heavy atom. The normalized spacial score (nSPS) is 11.0. The van der Waals surface area contributed by atoms with Gasteiger partial charge in [-0.15, -0.1) is 0 Å². The Hall–Kier alpha value is 0.399. The minimum absolute atomic E-state index is 0.997. The first-order valence-corrected chi connectivity index (χ1v) is 13.9. The molecule has 0 aliphatic heterocycles. The van der Waals surface area contributed by atoms with Crippen molar-refractivity contribution in [2.75, 3.05) is 0 Å². The summed E-state index contributed by atoms with van der Waals surface area (Å²) < 4.78 is 5.88. The van der Waals surface area contributed by atoms with Crippen LogP contribution in [0.1, 0.15) is 39.5 Å². The summed E-state index contributed by atoms with van der Waals surface area (Å²) in [6.45, 7) is 4.28. The third kappa shape index (κ3) is 6.47. The average Bonchev–Trinajstić information content (AvgIpc) is 2.12. The molecule has 0 heterocycles. The maximum absolute atomic E-state index is 8.43. The van der Waals surface area contributed by atoms with Crippen LogP contribution in [0.5, 0.6) is 0 Å². The molecule has 13 heavy (non-hydrogen) atoms. The summed E-state index contributed by atoms with van der Waals surface area (Å²) in [6, 6.07) is 0. The van der Waals surface area contributed by atoms with E-state index in [1.54, 1.807) is 0 Å². The summed E-state index contributed by atoms with van der Waals surface area (Å²) in [7, 11) is 6.39. The summed E-state index contributed by atoms with van der Waals surface area (Å²) in [5.74, 6) is 0. The topological polar surface area (TPSA) is 48.8 Å². The van der Waals surface area contributed by atoms with Gasteiger partial charge < -0.3 is 0 Å². The number of halogens is 1. The third-order valence-corrected chi connectivity index (χ3v) is 12.8. The van der Waals surface area contributed by atoms with E-state index in [0.717, 1.165) is 34.6 Å². The number of unbranched alkanes of at least 4 members (excludes halogenated alkanes) is 2. The SMILES string of the molecule is CCC[CH2][Sn]([Cl])([CH2]CCC)[N]=[N+]=[N-]. The van der Waals surface area contributed by atoms with E-state index in [0.29, 0.717) is 0 Å². The second kappa shape index (κ2) is 7.77. The van der Waals surface area contributed by atoms with E-state index < -0.39 is 17.5 Å².